The van der Waals surface area contributed by atoms with Gasteiger partial charge in [-0.3, -0.25) is 4.79 Å². The number of carbonyl (C=O) groups excluding carboxylic acids is 1. The van der Waals surface area contributed by atoms with E-state index < -0.39 is 0 Å². The van der Waals surface area contributed by atoms with Crippen LogP contribution in [0.2, 0.25) is 0 Å². The summed E-state index contributed by atoms with van der Waals surface area (Å²) in [6.07, 6.45) is 0. The third-order valence-electron chi connectivity index (χ3n) is 1.92. The molecule has 0 aromatic carbocycles. The maximum atomic E-state index is 11.2. The molecular formula is C7H14N2O2. The summed E-state index contributed by atoms with van der Waals surface area (Å²) in [6, 6.07) is 0. The molecule has 1 aliphatic rings. The van der Waals surface area contributed by atoms with Gasteiger partial charge in [0.15, 0.2) is 0 Å². The molecule has 0 radical (unpaired) electrons. The van der Waals surface area contributed by atoms with Crippen LogP contribution in [-0.2, 0) is 9.63 Å². The van der Waals surface area contributed by atoms with Crippen molar-refractivity contribution in [1.82, 2.24) is 9.96 Å². The molecule has 11 heavy (non-hydrogen) atoms. The highest BCUT2D eigenvalue weighted by Gasteiger charge is 2.21. The minimum Gasteiger partial charge on any atom is -0.340 e. The minimum absolute atomic E-state index is 0.153. The van der Waals surface area contributed by atoms with Crippen molar-refractivity contribution < 1.29 is 9.63 Å². The fraction of sp³-hybridized carbons (Fsp3) is 0.857. The first-order valence-electron chi connectivity index (χ1n) is 3.84. The number of rotatable bonds is 2. The van der Waals surface area contributed by atoms with E-state index in [9.17, 15) is 4.79 Å². The van der Waals surface area contributed by atoms with E-state index in [1.807, 2.05) is 11.8 Å². The fourth-order valence-corrected chi connectivity index (χ4v) is 1.18. The largest absolute Gasteiger partial charge is 0.340 e. The Morgan fingerprint density at radius 3 is 2.73 bits per heavy atom. The Labute approximate surface area is 66.7 Å². The number of carbonyl (C=O) groups is 1. The average Bonchev–Trinajstić information content (AvgIpc) is 2.04. The van der Waals surface area contributed by atoms with Crippen LogP contribution in [0, 0.1) is 0 Å². The summed E-state index contributed by atoms with van der Waals surface area (Å²) in [5.41, 5.74) is 0. The van der Waals surface area contributed by atoms with E-state index >= 15 is 0 Å². The van der Waals surface area contributed by atoms with Crippen molar-refractivity contribution in [3.05, 3.63) is 0 Å². The lowest BCUT2D eigenvalue weighted by molar-refractivity contribution is -0.172. The Kier molecular flexibility index (Phi) is 2.84. The molecule has 1 amide bonds. The predicted octanol–water partition coefficient (Wildman–Crippen LogP) is -0.288. The molecule has 0 unspecified atom stereocenters. The quantitative estimate of drug-likeness (QED) is 0.553. The number of hydroxylamine groups is 2. The van der Waals surface area contributed by atoms with Gasteiger partial charge in [-0.05, 0) is 6.92 Å². The Morgan fingerprint density at radius 2 is 2.27 bits per heavy atom. The highest BCUT2D eigenvalue weighted by atomic mass is 16.7. The summed E-state index contributed by atoms with van der Waals surface area (Å²) < 4.78 is 0. The summed E-state index contributed by atoms with van der Waals surface area (Å²) in [7, 11) is 1.59. The average molecular weight is 158 g/mol. The molecular weight excluding hydrogens is 144 g/mol. The molecule has 1 heterocycles. The van der Waals surface area contributed by atoms with Gasteiger partial charge < -0.3 is 9.74 Å². The fourth-order valence-electron chi connectivity index (χ4n) is 1.18. The number of piperazine rings is 1. The molecule has 0 spiro atoms. The van der Waals surface area contributed by atoms with Gasteiger partial charge in [0.05, 0.1) is 7.11 Å². The zero-order valence-electron chi connectivity index (χ0n) is 7.04. The molecule has 0 atom stereocenters. The molecule has 1 rings (SSSR count). The summed E-state index contributed by atoms with van der Waals surface area (Å²) >= 11 is 0. The molecule has 64 valence electrons. The summed E-state index contributed by atoms with van der Waals surface area (Å²) in [5, 5.41) is 1.68. The maximum Gasteiger partial charge on any atom is 0.239 e. The zero-order chi connectivity index (χ0) is 8.27. The van der Waals surface area contributed by atoms with Crippen molar-refractivity contribution in [2.75, 3.05) is 33.3 Å². The van der Waals surface area contributed by atoms with E-state index in [0.29, 0.717) is 6.54 Å². The van der Waals surface area contributed by atoms with Crippen LogP contribution >= 0.6 is 0 Å². The van der Waals surface area contributed by atoms with Crippen LogP contribution in [0.1, 0.15) is 6.92 Å². The summed E-state index contributed by atoms with van der Waals surface area (Å²) in [6.45, 7) is 4.78. The molecule has 0 bridgehead atoms. The van der Waals surface area contributed by atoms with Gasteiger partial charge in [-0.2, -0.15) is 5.06 Å². The Morgan fingerprint density at radius 1 is 1.55 bits per heavy atom. The summed E-state index contributed by atoms with van der Waals surface area (Å²) in [4.78, 5) is 18.0. The molecule has 0 N–H and O–H groups in total. The van der Waals surface area contributed by atoms with Crippen molar-refractivity contribution in [3.63, 3.8) is 0 Å². The second kappa shape index (κ2) is 3.69. The Bertz CT molecular complexity index is 149. The monoisotopic (exact) mass is 158 g/mol. The standard InChI is InChI=1S/C7H14N2O2/c1-3-8-4-5-9(11-2)6-7(8)10/h3-6H2,1-2H3. The first-order chi connectivity index (χ1) is 5.27. The van der Waals surface area contributed by atoms with Gasteiger partial charge in [-0.25, -0.2) is 0 Å². The minimum atomic E-state index is 0.153. The molecule has 0 saturated carbocycles. The lowest BCUT2D eigenvalue weighted by Crippen LogP contribution is -2.49. The van der Waals surface area contributed by atoms with E-state index in [-0.39, 0.29) is 5.91 Å². The van der Waals surface area contributed by atoms with Crippen LogP contribution in [0.3, 0.4) is 0 Å². The molecule has 4 nitrogen and oxygen atoms in total. The third-order valence-corrected chi connectivity index (χ3v) is 1.92. The number of likely N-dealkylation sites (N-methyl/N-ethyl adjacent to an activating group) is 1. The van der Waals surface area contributed by atoms with Crippen LogP contribution in [-0.4, -0.2) is 49.2 Å². The number of hydrogen-bond acceptors (Lipinski definition) is 3. The van der Waals surface area contributed by atoms with E-state index in [1.54, 1.807) is 12.2 Å². The Hall–Kier alpha value is -0.610. The lowest BCUT2D eigenvalue weighted by Gasteiger charge is -2.31. The molecule has 0 aliphatic carbocycles. The normalized spacial score (nSPS) is 20.9. The number of amides is 1. The second-order valence-corrected chi connectivity index (χ2v) is 2.52. The van der Waals surface area contributed by atoms with Crippen LogP contribution < -0.4 is 0 Å². The van der Waals surface area contributed by atoms with Crippen molar-refractivity contribution >= 4 is 5.91 Å². The topological polar surface area (TPSA) is 32.8 Å². The van der Waals surface area contributed by atoms with Crippen LogP contribution in [0.4, 0.5) is 0 Å². The molecule has 1 aliphatic heterocycles. The first kappa shape index (κ1) is 8.49. The van der Waals surface area contributed by atoms with Crippen molar-refractivity contribution in [2.45, 2.75) is 6.92 Å². The van der Waals surface area contributed by atoms with Gasteiger partial charge in [-0.15, -0.1) is 0 Å². The lowest BCUT2D eigenvalue weighted by atomic mass is 10.3. The van der Waals surface area contributed by atoms with Crippen molar-refractivity contribution in [3.8, 4) is 0 Å². The molecule has 0 aromatic heterocycles. The highest BCUT2D eigenvalue weighted by molar-refractivity contribution is 5.78. The first-order valence-corrected chi connectivity index (χ1v) is 3.84. The number of nitrogens with zero attached hydrogens (tertiary/aromatic N) is 2. The highest BCUT2D eigenvalue weighted by Crippen LogP contribution is 2.01. The van der Waals surface area contributed by atoms with Gasteiger partial charge in [0.1, 0.15) is 6.54 Å². The van der Waals surface area contributed by atoms with Gasteiger partial charge in [-0.1, -0.05) is 0 Å². The van der Waals surface area contributed by atoms with Crippen molar-refractivity contribution in [1.29, 1.82) is 0 Å². The van der Waals surface area contributed by atoms with Crippen LogP contribution in [0.25, 0.3) is 0 Å². The van der Waals surface area contributed by atoms with E-state index in [0.717, 1.165) is 19.6 Å². The number of hydrogen-bond donors (Lipinski definition) is 0. The SMILES string of the molecule is CCN1CCN(OC)CC1=O. The van der Waals surface area contributed by atoms with Gasteiger partial charge in [0.25, 0.3) is 0 Å². The van der Waals surface area contributed by atoms with Crippen LogP contribution in [0.15, 0.2) is 0 Å². The molecule has 4 heteroatoms. The zero-order valence-corrected chi connectivity index (χ0v) is 7.04. The van der Waals surface area contributed by atoms with E-state index in [1.165, 1.54) is 0 Å². The predicted molar refractivity (Wildman–Crippen MR) is 40.8 cm³/mol. The maximum absolute atomic E-state index is 11.2. The molecule has 1 fully saturated rings. The summed E-state index contributed by atoms with van der Waals surface area (Å²) in [5.74, 6) is 0.153. The van der Waals surface area contributed by atoms with Gasteiger partial charge in [0.2, 0.25) is 5.91 Å². The Balaban J connectivity index is 2.41. The van der Waals surface area contributed by atoms with E-state index in [2.05, 4.69) is 0 Å². The third kappa shape index (κ3) is 1.91. The van der Waals surface area contributed by atoms with Gasteiger partial charge >= 0.3 is 0 Å². The second-order valence-electron chi connectivity index (χ2n) is 2.52. The smallest absolute Gasteiger partial charge is 0.239 e. The van der Waals surface area contributed by atoms with Gasteiger partial charge in [0, 0.05) is 19.6 Å². The van der Waals surface area contributed by atoms with Crippen LogP contribution in [0.5, 0.6) is 0 Å². The molecule has 0 aromatic rings. The van der Waals surface area contributed by atoms with Crippen molar-refractivity contribution in [2.24, 2.45) is 0 Å². The van der Waals surface area contributed by atoms with E-state index in [4.69, 9.17) is 4.84 Å². The molecule has 1 saturated heterocycles.